The standard InChI is InChI=1S/C9H13NO4S/c10-8(9(13)14)6(5-7(11)12)15-3-1-2-4-15/h1-4,6,8,15H,5,10H2,(H,11,12)(H,13,14)/t6?,8-/m0/s1. The van der Waals surface area contributed by atoms with Crippen LogP contribution >= 0.6 is 10.9 Å². The van der Waals surface area contributed by atoms with Crippen LogP contribution < -0.4 is 5.73 Å². The normalized spacial score (nSPS) is 20.2. The molecule has 0 radical (unpaired) electrons. The summed E-state index contributed by atoms with van der Waals surface area (Å²) in [5.41, 5.74) is 5.47. The van der Waals surface area contributed by atoms with Gasteiger partial charge in [0, 0.05) is 5.25 Å². The van der Waals surface area contributed by atoms with Gasteiger partial charge in [0.25, 0.3) is 0 Å². The third-order valence-corrected chi connectivity index (χ3v) is 4.40. The highest BCUT2D eigenvalue weighted by Gasteiger charge is 2.30. The molecule has 2 atom stereocenters. The molecule has 0 saturated heterocycles. The van der Waals surface area contributed by atoms with E-state index in [2.05, 4.69) is 0 Å². The maximum Gasteiger partial charge on any atom is 0.321 e. The molecule has 1 unspecified atom stereocenters. The van der Waals surface area contributed by atoms with Crippen molar-refractivity contribution in [3.8, 4) is 0 Å². The van der Waals surface area contributed by atoms with Crippen molar-refractivity contribution in [2.75, 3.05) is 0 Å². The van der Waals surface area contributed by atoms with E-state index in [1.807, 2.05) is 10.8 Å². The molecule has 6 heteroatoms. The molecule has 0 saturated carbocycles. The highest BCUT2D eigenvalue weighted by atomic mass is 32.2. The fourth-order valence-corrected chi connectivity index (χ4v) is 3.33. The zero-order chi connectivity index (χ0) is 11.4. The number of aliphatic carboxylic acids is 2. The van der Waals surface area contributed by atoms with Crippen LogP contribution in [0.25, 0.3) is 0 Å². The molecule has 5 nitrogen and oxygen atoms in total. The van der Waals surface area contributed by atoms with Gasteiger partial charge in [0.1, 0.15) is 6.04 Å². The van der Waals surface area contributed by atoms with Crippen LogP contribution in [-0.2, 0) is 9.59 Å². The maximum absolute atomic E-state index is 10.7. The van der Waals surface area contributed by atoms with Gasteiger partial charge in [0.2, 0.25) is 0 Å². The van der Waals surface area contributed by atoms with E-state index in [9.17, 15) is 9.59 Å². The zero-order valence-electron chi connectivity index (χ0n) is 7.91. The van der Waals surface area contributed by atoms with E-state index in [-0.39, 0.29) is 6.42 Å². The number of nitrogens with two attached hydrogens (primary N) is 1. The Bertz CT molecular complexity index is 314. The van der Waals surface area contributed by atoms with Crippen molar-refractivity contribution < 1.29 is 19.8 Å². The Kier molecular flexibility index (Phi) is 3.93. The van der Waals surface area contributed by atoms with Gasteiger partial charge in [-0.1, -0.05) is 12.2 Å². The van der Waals surface area contributed by atoms with Gasteiger partial charge < -0.3 is 15.9 Å². The minimum absolute atomic E-state index is 0.214. The smallest absolute Gasteiger partial charge is 0.321 e. The first-order valence-corrected chi connectivity index (χ1v) is 5.90. The molecule has 0 aliphatic carbocycles. The van der Waals surface area contributed by atoms with Crippen LogP contribution in [0.1, 0.15) is 6.42 Å². The lowest BCUT2D eigenvalue weighted by Crippen LogP contribution is -2.42. The van der Waals surface area contributed by atoms with Crippen molar-refractivity contribution in [2.45, 2.75) is 17.7 Å². The number of rotatable bonds is 5. The summed E-state index contributed by atoms with van der Waals surface area (Å²) in [4.78, 5) is 21.3. The lowest BCUT2D eigenvalue weighted by molar-refractivity contribution is -0.139. The first-order chi connectivity index (χ1) is 7.02. The number of thiol groups is 1. The summed E-state index contributed by atoms with van der Waals surface area (Å²) >= 11 is 0. The number of carbonyl (C=O) groups is 2. The molecule has 1 aliphatic heterocycles. The molecule has 0 aromatic heterocycles. The Hall–Kier alpha value is -1.27. The van der Waals surface area contributed by atoms with Crippen molar-refractivity contribution in [1.82, 2.24) is 0 Å². The molecule has 84 valence electrons. The van der Waals surface area contributed by atoms with E-state index in [0.717, 1.165) is 0 Å². The van der Waals surface area contributed by atoms with E-state index in [1.165, 1.54) is 0 Å². The summed E-state index contributed by atoms with van der Waals surface area (Å²) in [6.07, 6.45) is 3.36. The van der Waals surface area contributed by atoms with Crippen LogP contribution in [0.4, 0.5) is 0 Å². The van der Waals surface area contributed by atoms with Crippen LogP contribution in [0.5, 0.6) is 0 Å². The first kappa shape index (κ1) is 11.8. The predicted octanol–water partition coefficient (Wildman–Crippen LogP) is 0.284. The number of allylic oxidation sites excluding steroid dienone is 2. The molecule has 0 aromatic carbocycles. The van der Waals surface area contributed by atoms with Crippen molar-refractivity contribution in [3.05, 3.63) is 23.0 Å². The summed E-state index contributed by atoms with van der Waals surface area (Å²) in [7, 11) is -0.861. The zero-order valence-corrected chi connectivity index (χ0v) is 8.80. The summed E-state index contributed by atoms with van der Waals surface area (Å²) in [5, 5.41) is 20.6. The number of hydrogen-bond acceptors (Lipinski definition) is 3. The molecule has 1 rings (SSSR count). The minimum atomic E-state index is -1.16. The monoisotopic (exact) mass is 231 g/mol. The van der Waals surface area contributed by atoms with Crippen LogP contribution in [0.2, 0.25) is 0 Å². The van der Waals surface area contributed by atoms with Gasteiger partial charge in [0.05, 0.1) is 6.42 Å². The lowest BCUT2D eigenvalue weighted by atomic mass is 10.1. The predicted molar refractivity (Wildman–Crippen MR) is 58.9 cm³/mol. The second kappa shape index (κ2) is 4.99. The van der Waals surface area contributed by atoms with E-state index in [0.29, 0.717) is 0 Å². The van der Waals surface area contributed by atoms with Crippen molar-refractivity contribution in [3.63, 3.8) is 0 Å². The molecule has 0 fully saturated rings. The number of carboxylic acids is 2. The number of carboxylic acid groups (broad SMARTS) is 2. The molecule has 15 heavy (non-hydrogen) atoms. The maximum atomic E-state index is 10.7. The van der Waals surface area contributed by atoms with Gasteiger partial charge in [-0.3, -0.25) is 9.59 Å². The fraction of sp³-hybridized carbons (Fsp3) is 0.333. The SMILES string of the molecule is N[C@H](C(=O)O)C(CC(=O)O)[SH]1C=CC=C1. The van der Waals surface area contributed by atoms with Gasteiger partial charge in [-0.25, -0.2) is 10.9 Å². The highest BCUT2D eigenvalue weighted by Crippen LogP contribution is 2.41. The molecular weight excluding hydrogens is 218 g/mol. The van der Waals surface area contributed by atoms with Crippen molar-refractivity contribution >= 4 is 22.8 Å². The molecule has 4 N–H and O–H groups in total. The second-order valence-electron chi connectivity index (χ2n) is 3.16. The van der Waals surface area contributed by atoms with Crippen LogP contribution in [-0.4, -0.2) is 33.4 Å². The molecule has 1 aliphatic rings. The van der Waals surface area contributed by atoms with E-state index < -0.39 is 34.1 Å². The Morgan fingerprint density at radius 1 is 1.27 bits per heavy atom. The first-order valence-electron chi connectivity index (χ1n) is 4.35. The van der Waals surface area contributed by atoms with E-state index in [4.69, 9.17) is 15.9 Å². The third-order valence-electron chi connectivity index (χ3n) is 2.09. The molecule has 0 bridgehead atoms. The largest absolute Gasteiger partial charge is 0.481 e. The summed E-state index contributed by atoms with van der Waals surface area (Å²) in [6.45, 7) is 0. The third kappa shape index (κ3) is 3.10. The van der Waals surface area contributed by atoms with Crippen LogP contribution in [0, 0.1) is 0 Å². The molecule has 0 spiro atoms. The molecular formula is C9H13NO4S. The minimum Gasteiger partial charge on any atom is -0.481 e. The van der Waals surface area contributed by atoms with Gasteiger partial charge in [-0.15, -0.1) is 0 Å². The molecule has 1 heterocycles. The Balaban J connectivity index is 2.77. The van der Waals surface area contributed by atoms with E-state index >= 15 is 0 Å². The topological polar surface area (TPSA) is 101 Å². The van der Waals surface area contributed by atoms with Gasteiger partial charge in [-0.05, 0) is 10.8 Å². The molecule has 0 aromatic rings. The van der Waals surface area contributed by atoms with Crippen molar-refractivity contribution in [1.29, 1.82) is 0 Å². The van der Waals surface area contributed by atoms with E-state index in [1.54, 1.807) is 12.2 Å². The van der Waals surface area contributed by atoms with Crippen molar-refractivity contribution in [2.24, 2.45) is 5.73 Å². The summed E-state index contributed by atoms with van der Waals surface area (Å²) in [6, 6.07) is -1.13. The average Bonchev–Trinajstić information content (AvgIpc) is 2.65. The Labute approximate surface area is 89.6 Å². The van der Waals surface area contributed by atoms with Crippen LogP contribution in [0.15, 0.2) is 23.0 Å². The Morgan fingerprint density at radius 3 is 2.20 bits per heavy atom. The fourth-order valence-electron chi connectivity index (χ4n) is 1.33. The number of hydrogen-bond donors (Lipinski definition) is 4. The average molecular weight is 231 g/mol. The summed E-state index contributed by atoms with van der Waals surface area (Å²) < 4.78 is 0. The highest BCUT2D eigenvalue weighted by molar-refractivity contribution is 8.22. The van der Waals surface area contributed by atoms with Gasteiger partial charge in [-0.2, -0.15) is 0 Å². The summed E-state index contributed by atoms with van der Waals surface area (Å²) in [5.74, 6) is -2.18. The van der Waals surface area contributed by atoms with Gasteiger partial charge in [0.15, 0.2) is 0 Å². The van der Waals surface area contributed by atoms with Crippen LogP contribution in [0.3, 0.4) is 0 Å². The Morgan fingerprint density at radius 2 is 1.80 bits per heavy atom. The quantitative estimate of drug-likeness (QED) is 0.509. The molecule has 0 amide bonds. The lowest BCUT2D eigenvalue weighted by Gasteiger charge is -2.25. The second-order valence-corrected chi connectivity index (χ2v) is 5.31. The van der Waals surface area contributed by atoms with Gasteiger partial charge >= 0.3 is 11.9 Å².